The Bertz CT molecular complexity index is 374. The fraction of sp³-hybridized carbons (Fsp3) is 0.333. The second-order valence-corrected chi connectivity index (χ2v) is 6.23. The van der Waals surface area contributed by atoms with Gasteiger partial charge in [-0.2, -0.15) is 0 Å². The summed E-state index contributed by atoms with van der Waals surface area (Å²) in [5.41, 5.74) is 0. The number of thiophene rings is 1. The van der Waals surface area contributed by atoms with Crippen molar-refractivity contribution in [2.45, 2.75) is 4.21 Å². The van der Waals surface area contributed by atoms with Crippen molar-refractivity contribution in [1.82, 2.24) is 4.72 Å². The van der Waals surface area contributed by atoms with Gasteiger partial charge in [-0.3, -0.25) is 0 Å². The Morgan fingerprint density at radius 1 is 1.46 bits per heavy atom. The fourth-order valence-electron chi connectivity index (χ4n) is 0.686. The van der Waals surface area contributed by atoms with E-state index in [0.29, 0.717) is 4.34 Å². The zero-order valence-electron chi connectivity index (χ0n) is 6.46. The summed E-state index contributed by atoms with van der Waals surface area (Å²) in [6.07, 6.45) is 0. The molecule has 0 aromatic carbocycles. The van der Waals surface area contributed by atoms with Gasteiger partial charge in [-0.1, -0.05) is 11.6 Å². The van der Waals surface area contributed by atoms with Gasteiger partial charge >= 0.3 is 0 Å². The van der Waals surface area contributed by atoms with Crippen molar-refractivity contribution in [1.29, 1.82) is 0 Å². The summed E-state index contributed by atoms with van der Waals surface area (Å²) in [4.78, 5) is 0. The quantitative estimate of drug-likeness (QED) is 0.841. The molecule has 0 saturated heterocycles. The van der Waals surface area contributed by atoms with E-state index in [1.807, 2.05) is 0 Å². The first-order valence-electron chi connectivity index (χ1n) is 3.37. The van der Waals surface area contributed by atoms with Crippen LogP contribution in [0.4, 0.5) is 0 Å². The summed E-state index contributed by atoms with van der Waals surface area (Å²) < 4.78 is 25.8. The van der Waals surface area contributed by atoms with E-state index in [4.69, 9.17) is 23.2 Å². The lowest BCUT2D eigenvalue weighted by Gasteiger charge is -2.00. The van der Waals surface area contributed by atoms with Crippen LogP contribution in [0.25, 0.3) is 0 Å². The van der Waals surface area contributed by atoms with Crippen molar-refractivity contribution < 1.29 is 8.42 Å². The van der Waals surface area contributed by atoms with Gasteiger partial charge in [0.15, 0.2) is 0 Å². The lowest BCUT2D eigenvalue weighted by Crippen LogP contribution is -2.24. The number of halogens is 2. The maximum Gasteiger partial charge on any atom is 0.250 e. The summed E-state index contributed by atoms with van der Waals surface area (Å²) in [5.74, 6) is 0.248. The van der Waals surface area contributed by atoms with Crippen molar-refractivity contribution in [2.75, 3.05) is 12.4 Å². The molecule has 1 rings (SSSR count). The van der Waals surface area contributed by atoms with E-state index in [1.54, 1.807) is 6.07 Å². The van der Waals surface area contributed by atoms with E-state index < -0.39 is 10.0 Å². The molecule has 0 bridgehead atoms. The lowest BCUT2D eigenvalue weighted by molar-refractivity contribution is 0.586. The lowest BCUT2D eigenvalue weighted by atomic mass is 10.7. The molecule has 1 heterocycles. The molecule has 7 heteroatoms. The third kappa shape index (κ3) is 3.11. The Morgan fingerprint density at radius 3 is 2.62 bits per heavy atom. The molecule has 0 fully saturated rings. The molecule has 1 aromatic heterocycles. The molecule has 1 aromatic rings. The Labute approximate surface area is 90.7 Å². The number of hydrogen-bond donors (Lipinski definition) is 1. The first kappa shape index (κ1) is 11.3. The third-order valence-corrected chi connectivity index (χ3v) is 4.57. The Kier molecular flexibility index (Phi) is 4.00. The van der Waals surface area contributed by atoms with Gasteiger partial charge in [-0.25, -0.2) is 13.1 Å². The fourth-order valence-corrected chi connectivity index (χ4v) is 3.45. The Hall–Kier alpha value is 0.190. The molecule has 0 amide bonds. The van der Waals surface area contributed by atoms with Gasteiger partial charge in [-0.05, 0) is 12.1 Å². The molecule has 3 nitrogen and oxygen atoms in total. The van der Waals surface area contributed by atoms with Crippen LogP contribution in [0, 0.1) is 0 Å². The Morgan fingerprint density at radius 2 is 2.15 bits per heavy atom. The number of sulfonamides is 1. The SMILES string of the molecule is O=S(=O)(NCCCl)c1ccc(Cl)s1. The van der Waals surface area contributed by atoms with Crippen LogP contribution in [0.3, 0.4) is 0 Å². The topological polar surface area (TPSA) is 46.2 Å². The van der Waals surface area contributed by atoms with Crippen molar-refractivity contribution >= 4 is 44.6 Å². The second-order valence-electron chi connectivity index (χ2n) is 2.15. The van der Waals surface area contributed by atoms with E-state index >= 15 is 0 Å². The number of nitrogens with one attached hydrogen (secondary N) is 1. The summed E-state index contributed by atoms with van der Waals surface area (Å²) in [6, 6.07) is 3.01. The summed E-state index contributed by atoms with van der Waals surface area (Å²) >= 11 is 12.0. The minimum Gasteiger partial charge on any atom is -0.209 e. The van der Waals surface area contributed by atoms with Crippen LogP contribution >= 0.6 is 34.5 Å². The number of alkyl halides is 1. The minimum atomic E-state index is -3.40. The highest BCUT2D eigenvalue weighted by molar-refractivity contribution is 7.91. The van der Waals surface area contributed by atoms with Crippen molar-refractivity contribution in [2.24, 2.45) is 0 Å². The van der Waals surface area contributed by atoms with E-state index in [2.05, 4.69) is 4.72 Å². The van der Waals surface area contributed by atoms with E-state index in [1.165, 1.54) is 6.07 Å². The molecular formula is C6H7Cl2NO2S2. The molecule has 0 spiro atoms. The average molecular weight is 260 g/mol. The van der Waals surface area contributed by atoms with Crippen LogP contribution in [0.15, 0.2) is 16.3 Å². The normalized spacial score (nSPS) is 11.8. The molecule has 13 heavy (non-hydrogen) atoms. The van der Waals surface area contributed by atoms with Gasteiger partial charge in [0, 0.05) is 12.4 Å². The highest BCUT2D eigenvalue weighted by atomic mass is 35.5. The van der Waals surface area contributed by atoms with Crippen LogP contribution in [-0.2, 0) is 10.0 Å². The van der Waals surface area contributed by atoms with Gasteiger partial charge in [0.2, 0.25) is 10.0 Å². The Balaban J connectivity index is 2.82. The largest absolute Gasteiger partial charge is 0.250 e. The predicted octanol–water partition coefficient (Wildman–Crippen LogP) is 1.92. The third-order valence-electron chi connectivity index (χ3n) is 1.20. The smallest absolute Gasteiger partial charge is 0.209 e. The van der Waals surface area contributed by atoms with Crippen LogP contribution in [0.5, 0.6) is 0 Å². The standard InChI is InChI=1S/C6H7Cl2NO2S2/c7-3-4-9-13(10,11)6-2-1-5(8)12-6/h1-2,9H,3-4H2. The number of hydrogen-bond acceptors (Lipinski definition) is 3. The monoisotopic (exact) mass is 259 g/mol. The maximum absolute atomic E-state index is 11.4. The molecular weight excluding hydrogens is 253 g/mol. The van der Waals surface area contributed by atoms with Crippen LogP contribution in [-0.4, -0.2) is 20.8 Å². The van der Waals surface area contributed by atoms with Gasteiger partial charge in [0.25, 0.3) is 0 Å². The van der Waals surface area contributed by atoms with Gasteiger partial charge in [0.1, 0.15) is 4.21 Å². The molecule has 0 unspecified atom stereocenters. The predicted molar refractivity (Wildman–Crippen MR) is 55.2 cm³/mol. The molecule has 0 aliphatic carbocycles. The highest BCUT2D eigenvalue weighted by Gasteiger charge is 2.15. The van der Waals surface area contributed by atoms with Crippen molar-refractivity contribution in [3.05, 3.63) is 16.5 Å². The molecule has 0 aliphatic rings. The van der Waals surface area contributed by atoms with Gasteiger partial charge < -0.3 is 0 Å². The molecule has 0 radical (unpaired) electrons. The summed E-state index contributed by atoms with van der Waals surface area (Å²) in [5, 5.41) is 0. The molecule has 74 valence electrons. The summed E-state index contributed by atoms with van der Waals surface area (Å²) in [7, 11) is -3.40. The molecule has 1 N–H and O–H groups in total. The van der Waals surface area contributed by atoms with Crippen LogP contribution in [0.2, 0.25) is 4.34 Å². The zero-order chi connectivity index (χ0) is 9.90. The summed E-state index contributed by atoms with van der Waals surface area (Å²) in [6.45, 7) is 0.222. The number of rotatable bonds is 4. The van der Waals surface area contributed by atoms with E-state index in [9.17, 15) is 8.42 Å². The molecule has 0 atom stereocenters. The van der Waals surface area contributed by atoms with E-state index in [0.717, 1.165) is 11.3 Å². The average Bonchev–Trinajstić information content (AvgIpc) is 2.49. The van der Waals surface area contributed by atoms with Crippen LogP contribution in [0.1, 0.15) is 0 Å². The first-order valence-corrected chi connectivity index (χ1v) is 6.58. The molecule has 0 saturated carbocycles. The molecule has 0 aliphatic heterocycles. The minimum absolute atomic E-state index is 0.211. The van der Waals surface area contributed by atoms with E-state index in [-0.39, 0.29) is 16.6 Å². The van der Waals surface area contributed by atoms with Crippen molar-refractivity contribution in [3.63, 3.8) is 0 Å². The van der Waals surface area contributed by atoms with Crippen molar-refractivity contribution in [3.8, 4) is 0 Å². The van der Waals surface area contributed by atoms with Gasteiger partial charge in [-0.15, -0.1) is 22.9 Å². The highest BCUT2D eigenvalue weighted by Crippen LogP contribution is 2.24. The zero-order valence-corrected chi connectivity index (χ0v) is 9.60. The maximum atomic E-state index is 11.4. The van der Waals surface area contributed by atoms with Crippen LogP contribution < -0.4 is 4.72 Å². The first-order chi connectivity index (χ1) is 6.06. The second kappa shape index (κ2) is 4.61. The van der Waals surface area contributed by atoms with Gasteiger partial charge in [0.05, 0.1) is 4.34 Å².